The molecule has 0 heterocycles. The van der Waals surface area contributed by atoms with Gasteiger partial charge in [-0.3, -0.25) is 4.79 Å². The van der Waals surface area contributed by atoms with Crippen molar-refractivity contribution in [3.05, 3.63) is 34.9 Å². The number of primary amides is 1. The lowest BCUT2D eigenvalue weighted by Gasteiger charge is -2.22. The summed E-state index contributed by atoms with van der Waals surface area (Å²) >= 11 is 0. The van der Waals surface area contributed by atoms with Gasteiger partial charge < -0.3 is 17.2 Å². The highest BCUT2D eigenvalue weighted by Crippen LogP contribution is 2.14. The van der Waals surface area contributed by atoms with Gasteiger partial charge in [-0.25, -0.2) is 0 Å². The van der Waals surface area contributed by atoms with E-state index in [0.29, 0.717) is 12.8 Å². The minimum absolute atomic E-state index is 0.230. The van der Waals surface area contributed by atoms with Crippen LogP contribution < -0.4 is 17.2 Å². The quantitative estimate of drug-likeness (QED) is 0.400. The van der Waals surface area contributed by atoms with E-state index in [-0.39, 0.29) is 12.3 Å². The largest absolute Gasteiger partial charge is 0.370 e. The summed E-state index contributed by atoms with van der Waals surface area (Å²) in [7, 11) is 0. The molecule has 0 unspecified atom stereocenters. The van der Waals surface area contributed by atoms with Gasteiger partial charge in [-0.1, -0.05) is 34.9 Å². The van der Waals surface area contributed by atoms with Crippen LogP contribution in [0.2, 0.25) is 0 Å². The van der Waals surface area contributed by atoms with Crippen LogP contribution in [-0.4, -0.2) is 11.6 Å². The van der Waals surface area contributed by atoms with E-state index in [1.54, 1.807) is 0 Å². The molecule has 0 rings (SSSR count). The molecule has 0 saturated carbocycles. The molecule has 132 valence electrons. The molecule has 0 aromatic rings. The van der Waals surface area contributed by atoms with Gasteiger partial charge in [0.15, 0.2) is 0 Å². The number of carbonyl (C=O) groups excluding carboxylic acids is 1. The van der Waals surface area contributed by atoms with Crippen LogP contribution >= 0.6 is 0 Å². The van der Waals surface area contributed by atoms with Crippen molar-refractivity contribution >= 4 is 5.91 Å². The summed E-state index contributed by atoms with van der Waals surface area (Å²) < 4.78 is 0. The first-order chi connectivity index (χ1) is 10.6. The highest BCUT2D eigenvalue weighted by atomic mass is 16.1. The van der Waals surface area contributed by atoms with Gasteiger partial charge in [0.1, 0.15) is 0 Å². The number of allylic oxidation sites excluding steroid dienone is 5. The van der Waals surface area contributed by atoms with Gasteiger partial charge in [0, 0.05) is 6.42 Å². The van der Waals surface area contributed by atoms with Gasteiger partial charge in [-0.05, 0) is 66.2 Å². The molecule has 0 radical (unpaired) electrons. The Bertz CT molecular complexity index is 455. The van der Waals surface area contributed by atoms with Crippen LogP contribution in [0.5, 0.6) is 0 Å². The monoisotopic (exact) mass is 321 g/mol. The summed E-state index contributed by atoms with van der Waals surface area (Å²) in [6.45, 7) is 8.54. The first kappa shape index (κ1) is 21.6. The van der Waals surface area contributed by atoms with E-state index in [1.165, 1.54) is 16.7 Å². The zero-order valence-corrected chi connectivity index (χ0v) is 15.3. The lowest BCUT2D eigenvalue weighted by atomic mass is 9.99. The summed E-state index contributed by atoms with van der Waals surface area (Å²) in [5.74, 6) is -0.361. The van der Waals surface area contributed by atoms with Crippen LogP contribution in [0.3, 0.4) is 0 Å². The fraction of sp³-hybridized carbons (Fsp3) is 0.632. The van der Waals surface area contributed by atoms with Crippen molar-refractivity contribution < 1.29 is 4.79 Å². The van der Waals surface area contributed by atoms with Gasteiger partial charge in [-0.15, -0.1) is 0 Å². The maximum absolute atomic E-state index is 10.8. The molecule has 23 heavy (non-hydrogen) atoms. The summed E-state index contributed by atoms with van der Waals surface area (Å²) in [6.07, 6.45) is 12.1. The third-order valence-corrected chi connectivity index (χ3v) is 3.79. The molecule has 0 bridgehead atoms. The van der Waals surface area contributed by atoms with E-state index in [2.05, 4.69) is 45.9 Å². The first-order valence-corrected chi connectivity index (χ1v) is 8.43. The van der Waals surface area contributed by atoms with E-state index >= 15 is 0 Å². The lowest BCUT2D eigenvalue weighted by Crippen LogP contribution is -2.49. The number of hydrogen-bond acceptors (Lipinski definition) is 3. The molecule has 0 aromatic carbocycles. The van der Waals surface area contributed by atoms with Crippen molar-refractivity contribution in [2.24, 2.45) is 17.2 Å². The molecule has 0 saturated heterocycles. The first-order valence-electron chi connectivity index (χ1n) is 8.43. The molecule has 1 amide bonds. The molecule has 0 aliphatic carbocycles. The summed E-state index contributed by atoms with van der Waals surface area (Å²) in [5, 5.41) is 0. The van der Waals surface area contributed by atoms with E-state index in [0.717, 1.165) is 25.7 Å². The number of amides is 1. The molecular formula is C19H35N3O. The molecule has 0 aromatic heterocycles. The summed E-state index contributed by atoms with van der Waals surface area (Å²) in [6, 6.07) is 0. The number of nitrogens with two attached hydrogens (primary N) is 3. The predicted octanol–water partition coefficient (Wildman–Crippen LogP) is 3.67. The maximum atomic E-state index is 10.8. The molecular weight excluding hydrogens is 286 g/mol. The third kappa shape index (κ3) is 14.0. The standard InChI is InChI=1S/C19H35N3O/c1-15(2)7-5-8-16(3)9-6-10-17(4)11-13-19(21,22)14-12-18(20)23/h7,9,11H,5-6,8,10,12-14,21-22H2,1-4H3,(H2,20,23). The Kier molecular flexibility index (Phi) is 10.5. The topological polar surface area (TPSA) is 95.1 Å². The minimum Gasteiger partial charge on any atom is -0.370 e. The second-order valence-electron chi connectivity index (χ2n) is 6.86. The van der Waals surface area contributed by atoms with E-state index in [4.69, 9.17) is 17.2 Å². The van der Waals surface area contributed by atoms with Gasteiger partial charge in [0.2, 0.25) is 5.91 Å². The summed E-state index contributed by atoms with van der Waals surface area (Å²) in [5.41, 5.74) is 20.3. The van der Waals surface area contributed by atoms with E-state index in [1.807, 2.05) is 0 Å². The molecule has 0 aliphatic rings. The Hall–Kier alpha value is -1.39. The minimum atomic E-state index is -0.855. The molecule has 6 N–H and O–H groups in total. The molecule has 0 atom stereocenters. The molecule has 0 spiro atoms. The van der Waals surface area contributed by atoms with Crippen molar-refractivity contribution in [3.63, 3.8) is 0 Å². The number of rotatable bonds is 11. The summed E-state index contributed by atoms with van der Waals surface area (Å²) in [4.78, 5) is 10.8. The van der Waals surface area contributed by atoms with E-state index < -0.39 is 5.66 Å². The Morgan fingerprint density at radius 1 is 0.870 bits per heavy atom. The fourth-order valence-electron chi connectivity index (χ4n) is 2.16. The molecule has 4 heteroatoms. The third-order valence-electron chi connectivity index (χ3n) is 3.79. The molecule has 4 nitrogen and oxygen atoms in total. The predicted molar refractivity (Wildman–Crippen MR) is 99.6 cm³/mol. The van der Waals surface area contributed by atoms with Gasteiger partial charge >= 0.3 is 0 Å². The van der Waals surface area contributed by atoms with Crippen molar-refractivity contribution in [1.29, 1.82) is 0 Å². The Balaban J connectivity index is 4.15. The highest BCUT2D eigenvalue weighted by Gasteiger charge is 2.18. The maximum Gasteiger partial charge on any atom is 0.217 e. The smallest absolute Gasteiger partial charge is 0.217 e. The Morgan fingerprint density at radius 2 is 1.39 bits per heavy atom. The lowest BCUT2D eigenvalue weighted by molar-refractivity contribution is -0.118. The van der Waals surface area contributed by atoms with Crippen LogP contribution in [0.25, 0.3) is 0 Å². The van der Waals surface area contributed by atoms with Crippen LogP contribution in [-0.2, 0) is 4.79 Å². The molecule has 0 fully saturated rings. The number of carbonyl (C=O) groups is 1. The average Bonchev–Trinajstić information content (AvgIpc) is 2.43. The second kappa shape index (κ2) is 11.2. The van der Waals surface area contributed by atoms with Crippen LogP contribution in [0.1, 0.15) is 72.6 Å². The van der Waals surface area contributed by atoms with Crippen LogP contribution in [0.15, 0.2) is 34.9 Å². The normalized spacial score (nSPS) is 13.1. The van der Waals surface area contributed by atoms with Crippen LogP contribution in [0, 0.1) is 0 Å². The average molecular weight is 322 g/mol. The van der Waals surface area contributed by atoms with Crippen molar-refractivity contribution in [3.8, 4) is 0 Å². The second-order valence-corrected chi connectivity index (χ2v) is 6.86. The highest BCUT2D eigenvalue weighted by molar-refractivity contribution is 5.73. The molecule has 0 aliphatic heterocycles. The number of hydrogen-bond donors (Lipinski definition) is 3. The SMILES string of the molecule is CC(C)=CCCC(C)=CCCC(C)=CCC(N)(N)CCC(N)=O. The Labute approximate surface area is 141 Å². The Morgan fingerprint density at radius 3 is 1.91 bits per heavy atom. The van der Waals surface area contributed by atoms with Gasteiger partial charge in [0.25, 0.3) is 0 Å². The van der Waals surface area contributed by atoms with Crippen molar-refractivity contribution in [1.82, 2.24) is 0 Å². The van der Waals surface area contributed by atoms with Crippen molar-refractivity contribution in [2.45, 2.75) is 78.3 Å². The van der Waals surface area contributed by atoms with Gasteiger partial charge in [0.05, 0.1) is 5.66 Å². The fourth-order valence-corrected chi connectivity index (χ4v) is 2.16. The van der Waals surface area contributed by atoms with E-state index in [9.17, 15) is 4.79 Å². The van der Waals surface area contributed by atoms with Crippen molar-refractivity contribution in [2.75, 3.05) is 0 Å². The van der Waals surface area contributed by atoms with Gasteiger partial charge in [-0.2, -0.15) is 0 Å². The zero-order chi connectivity index (χ0) is 17.9. The zero-order valence-electron chi connectivity index (χ0n) is 15.3. The van der Waals surface area contributed by atoms with Crippen LogP contribution in [0.4, 0.5) is 0 Å².